The number of ketones is 1. The third kappa shape index (κ3) is 5.74. The second-order valence-corrected chi connectivity index (χ2v) is 7.66. The Bertz CT molecular complexity index is 866. The molecule has 0 amide bonds. The van der Waals surface area contributed by atoms with Crippen molar-refractivity contribution in [2.45, 2.75) is 13.8 Å². The van der Waals surface area contributed by atoms with E-state index in [0.717, 1.165) is 30.6 Å². The fourth-order valence-corrected chi connectivity index (χ4v) is 3.13. The molecule has 0 atom stereocenters. The lowest BCUT2D eigenvalue weighted by Crippen LogP contribution is -2.21. The lowest BCUT2D eigenvalue weighted by molar-refractivity contribution is 0.104. The average Bonchev–Trinajstić information content (AvgIpc) is 2.61. The molecule has 0 radical (unpaired) electrons. The average molecular weight is 372 g/mol. The second kappa shape index (κ2) is 8.67. The van der Waals surface area contributed by atoms with Crippen LogP contribution in [-0.2, 0) is 10.0 Å². The Hall–Kier alpha value is -2.60. The monoisotopic (exact) mass is 372 g/mol. The van der Waals surface area contributed by atoms with E-state index in [1.54, 1.807) is 30.3 Å². The van der Waals surface area contributed by atoms with Crippen LogP contribution >= 0.6 is 0 Å². The van der Waals surface area contributed by atoms with Crippen molar-refractivity contribution in [3.8, 4) is 0 Å². The summed E-state index contributed by atoms with van der Waals surface area (Å²) in [6, 6.07) is 14.4. The van der Waals surface area contributed by atoms with Crippen LogP contribution in [0.15, 0.2) is 54.6 Å². The van der Waals surface area contributed by atoms with E-state index < -0.39 is 10.0 Å². The van der Waals surface area contributed by atoms with Gasteiger partial charge in [0, 0.05) is 30.0 Å². The van der Waals surface area contributed by atoms with Crippen molar-refractivity contribution in [1.29, 1.82) is 0 Å². The summed E-state index contributed by atoms with van der Waals surface area (Å²) in [7, 11) is -3.32. The number of nitrogens with zero attached hydrogens (tertiary/aromatic N) is 1. The van der Waals surface area contributed by atoms with Crippen LogP contribution in [0.3, 0.4) is 0 Å². The molecule has 0 aliphatic rings. The molecule has 138 valence electrons. The zero-order valence-corrected chi connectivity index (χ0v) is 16.1. The topological polar surface area (TPSA) is 66.5 Å². The summed E-state index contributed by atoms with van der Waals surface area (Å²) in [4.78, 5) is 14.5. The maximum atomic E-state index is 12.2. The number of hydrogen-bond donors (Lipinski definition) is 1. The number of carbonyl (C=O) groups is 1. The molecule has 0 aliphatic heterocycles. The van der Waals surface area contributed by atoms with E-state index >= 15 is 0 Å². The van der Waals surface area contributed by atoms with Crippen LogP contribution in [-0.4, -0.2) is 33.5 Å². The molecule has 5 nitrogen and oxygen atoms in total. The van der Waals surface area contributed by atoms with E-state index in [9.17, 15) is 13.2 Å². The summed E-state index contributed by atoms with van der Waals surface area (Å²) in [5, 5.41) is 0. The zero-order chi connectivity index (χ0) is 19.2. The second-order valence-electron chi connectivity index (χ2n) is 5.91. The molecular formula is C20H24N2O3S. The summed E-state index contributed by atoms with van der Waals surface area (Å²) in [6.45, 7) is 6.14. The first-order valence-electron chi connectivity index (χ1n) is 8.47. The number of anilines is 2. The van der Waals surface area contributed by atoms with Crippen LogP contribution in [0.1, 0.15) is 29.8 Å². The largest absolute Gasteiger partial charge is 0.372 e. The Labute approximate surface area is 155 Å². The van der Waals surface area contributed by atoms with Crippen molar-refractivity contribution in [1.82, 2.24) is 0 Å². The minimum Gasteiger partial charge on any atom is -0.372 e. The maximum Gasteiger partial charge on any atom is 0.229 e. The van der Waals surface area contributed by atoms with E-state index in [1.807, 2.05) is 24.3 Å². The molecule has 0 fully saturated rings. The molecule has 0 unspecified atom stereocenters. The Morgan fingerprint density at radius 1 is 1.00 bits per heavy atom. The summed E-state index contributed by atoms with van der Waals surface area (Å²) in [5.74, 6) is -0.135. The Balaban J connectivity index is 2.04. The summed E-state index contributed by atoms with van der Waals surface area (Å²) >= 11 is 0. The van der Waals surface area contributed by atoms with Crippen molar-refractivity contribution < 1.29 is 13.2 Å². The number of hydrogen-bond acceptors (Lipinski definition) is 4. The van der Waals surface area contributed by atoms with Gasteiger partial charge >= 0.3 is 0 Å². The highest BCUT2D eigenvalue weighted by molar-refractivity contribution is 7.92. The number of benzene rings is 2. The molecule has 1 N–H and O–H groups in total. The third-order valence-corrected chi connectivity index (χ3v) is 4.53. The molecule has 0 aliphatic carbocycles. The van der Waals surface area contributed by atoms with Gasteiger partial charge in [0.25, 0.3) is 0 Å². The third-order valence-electron chi connectivity index (χ3n) is 3.92. The van der Waals surface area contributed by atoms with Gasteiger partial charge in [0.05, 0.1) is 6.26 Å². The smallest absolute Gasteiger partial charge is 0.229 e. The van der Waals surface area contributed by atoms with Crippen LogP contribution < -0.4 is 9.62 Å². The van der Waals surface area contributed by atoms with Crippen molar-refractivity contribution in [3.63, 3.8) is 0 Å². The van der Waals surface area contributed by atoms with E-state index in [0.29, 0.717) is 11.3 Å². The van der Waals surface area contributed by atoms with E-state index in [-0.39, 0.29) is 5.78 Å². The van der Waals surface area contributed by atoms with Gasteiger partial charge < -0.3 is 4.90 Å². The van der Waals surface area contributed by atoms with Gasteiger partial charge in [-0.1, -0.05) is 18.2 Å². The molecule has 0 spiro atoms. The van der Waals surface area contributed by atoms with Gasteiger partial charge in [-0.25, -0.2) is 8.42 Å². The number of allylic oxidation sites excluding steroid dienone is 1. The van der Waals surface area contributed by atoms with E-state index in [1.165, 1.54) is 6.08 Å². The predicted octanol–water partition coefficient (Wildman–Crippen LogP) is 3.80. The van der Waals surface area contributed by atoms with Gasteiger partial charge in [-0.3, -0.25) is 9.52 Å². The van der Waals surface area contributed by atoms with Gasteiger partial charge in [0.15, 0.2) is 5.78 Å². The van der Waals surface area contributed by atoms with Crippen LogP contribution in [0.4, 0.5) is 11.4 Å². The first kappa shape index (κ1) is 19.7. The Kier molecular flexibility index (Phi) is 6.58. The molecular weight excluding hydrogens is 348 g/mol. The summed E-state index contributed by atoms with van der Waals surface area (Å²) < 4.78 is 24.8. The van der Waals surface area contributed by atoms with Crippen LogP contribution in [0.25, 0.3) is 6.08 Å². The van der Waals surface area contributed by atoms with Gasteiger partial charge in [0.2, 0.25) is 10.0 Å². The SMILES string of the molecule is CCN(CC)c1ccc(/C=C/C(=O)c2ccc(NS(C)(=O)=O)cc2)cc1. The maximum absolute atomic E-state index is 12.2. The predicted molar refractivity (Wildman–Crippen MR) is 108 cm³/mol. The highest BCUT2D eigenvalue weighted by Crippen LogP contribution is 2.16. The van der Waals surface area contributed by atoms with Crippen molar-refractivity contribution in [2.75, 3.05) is 29.0 Å². The summed E-state index contributed by atoms with van der Waals surface area (Å²) in [6.07, 6.45) is 4.38. The first-order chi connectivity index (χ1) is 12.3. The number of nitrogens with one attached hydrogen (secondary N) is 1. The molecule has 0 aromatic heterocycles. The lowest BCUT2D eigenvalue weighted by atomic mass is 10.1. The minimum absolute atomic E-state index is 0.135. The molecule has 2 aromatic carbocycles. The highest BCUT2D eigenvalue weighted by atomic mass is 32.2. The van der Waals surface area contributed by atoms with Gasteiger partial charge in [-0.05, 0) is 61.9 Å². The zero-order valence-electron chi connectivity index (χ0n) is 15.3. The Morgan fingerprint density at radius 3 is 2.08 bits per heavy atom. The van der Waals surface area contributed by atoms with Crippen LogP contribution in [0.5, 0.6) is 0 Å². The van der Waals surface area contributed by atoms with Gasteiger partial charge in [0.1, 0.15) is 0 Å². The lowest BCUT2D eigenvalue weighted by Gasteiger charge is -2.20. The molecule has 2 rings (SSSR count). The summed E-state index contributed by atoms with van der Waals surface area (Å²) in [5.41, 5.74) is 3.04. The highest BCUT2D eigenvalue weighted by Gasteiger charge is 2.05. The van der Waals surface area contributed by atoms with Crippen molar-refractivity contribution in [3.05, 3.63) is 65.7 Å². The number of sulfonamides is 1. The van der Waals surface area contributed by atoms with Crippen LogP contribution in [0.2, 0.25) is 0 Å². The van der Waals surface area contributed by atoms with Gasteiger partial charge in [-0.2, -0.15) is 0 Å². The number of rotatable bonds is 8. The fourth-order valence-electron chi connectivity index (χ4n) is 2.57. The molecule has 0 bridgehead atoms. The van der Waals surface area contributed by atoms with Crippen LogP contribution in [0, 0.1) is 0 Å². The molecule has 0 saturated carbocycles. The van der Waals surface area contributed by atoms with Gasteiger partial charge in [-0.15, -0.1) is 0 Å². The standard InChI is InChI=1S/C20H24N2O3S/c1-4-22(5-2)19-13-6-16(7-14-19)8-15-20(23)17-9-11-18(12-10-17)21-26(3,24)25/h6-15,21H,4-5H2,1-3H3/b15-8+. The number of carbonyl (C=O) groups excluding carboxylic acids is 1. The van der Waals surface area contributed by atoms with E-state index in [4.69, 9.17) is 0 Å². The normalized spacial score (nSPS) is 11.5. The molecule has 0 saturated heterocycles. The minimum atomic E-state index is -3.32. The Morgan fingerprint density at radius 2 is 1.58 bits per heavy atom. The fraction of sp³-hybridized carbons (Fsp3) is 0.250. The molecule has 26 heavy (non-hydrogen) atoms. The molecule has 6 heteroatoms. The van der Waals surface area contributed by atoms with Crippen molar-refractivity contribution in [2.24, 2.45) is 0 Å². The quantitative estimate of drug-likeness (QED) is 0.565. The first-order valence-corrected chi connectivity index (χ1v) is 10.4. The molecule has 0 heterocycles. The molecule has 2 aromatic rings. The van der Waals surface area contributed by atoms with E-state index in [2.05, 4.69) is 23.5 Å². The van der Waals surface area contributed by atoms with Crippen molar-refractivity contribution >= 4 is 33.3 Å².